The molecule has 0 fully saturated rings. The Morgan fingerprint density at radius 1 is 0.348 bits per heavy atom. The maximum atomic E-state index is 2.41. The number of aryl methyl sites for hydroxylation is 1. The lowest BCUT2D eigenvalue weighted by Crippen LogP contribution is -2.14. The van der Waals surface area contributed by atoms with Crippen molar-refractivity contribution in [3.63, 3.8) is 0 Å². The first-order valence-corrected chi connectivity index (χ1v) is 16.3. The SMILES string of the molecule is Cc1ccc2c(-c3ccccc3-c3cccc4ccccc34)c3ccccc3c(-c3cccc4c3-c3ccccc3C4(C)C)c2c1. The summed E-state index contributed by atoms with van der Waals surface area (Å²) in [6.07, 6.45) is 0. The van der Waals surface area contributed by atoms with E-state index in [0.29, 0.717) is 0 Å². The highest BCUT2D eigenvalue weighted by molar-refractivity contribution is 6.24. The largest absolute Gasteiger partial charge is 0.0619 e. The van der Waals surface area contributed by atoms with Crippen molar-refractivity contribution in [1.29, 1.82) is 0 Å². The molecule has 0 nitrogen and oxygen atoms in total. The van der Waals surface area contributed by atoms with Crippen LogP contribution in [-0.4, -0.2) is 0 Å². The summed E-state index contributed by atoms with van der Waals surface area (Å²) < 4.78 is 0. The first kappa shape index (κ1) is 26.9. The number of hydrogen-bond donors (Lipinski definition) is 0. The predicted molar refractivity (Wildman–Crippen MR) is 198 cm³/mol. The molecule has 0 saturated heterocycles. The van der Waals surface area contributed by atoms with E-state index < -0.39 is 0 Å². The summed E-state index contributed by atoms with van der Waals surface area (Å²) in [7, 11) is 0. The molecule has 1 aliphatic rings. The molecule has 46 heavy (non-hydrogen) atoms. The van der Waals surface area contributed by atoms with Gasteiger partial charge in [0.05, 0.1) is 0 Å². The zero-order chi connectivity index (χ0) is 31.0. The molecule has 0 radical (unpaired) electrons. The molecule has 0 heterocycles. The second-order valence-electron chi connectivity index (χ2n) is 13.3. The normalized spacial score (nSPS) is 13.3. The van der Waals surface area contributed by atoms with Crippen LogP contribution in [0.1, 0.15) is 30.5 Å². The molecule has 0 aliphatic heterocycles. The average Bonchev–Trinajstić information content (AvgIpc) is 3.33. The Bertz CT molecular complexity index is 2500. The molecule has 0 saturated carbocycles. The van der Waals surface area contributed by atoms with Crippen molar-refractivity contribution in [2.45, 2.75) is 26.2 Å². The lowest BCUT2D eigenvalue weighted by molar-refractivity contribution is 0.660. The van der Waals surface area contributed by atoms with Gasteiger partial charge in [-0.15, -0.1) is 0 Å². The molecule has 0 amide bonds. The Balaban J connectivity index is 1.42. The van der Waals surface area contributed by atoms with Crippen molar-refractivity contribution < 1.29 is 0 Å². The molecule has 0 atom stereocenters. The Kier molecular flexibility index (Phi) is 5.86. The van der Waals surface area contributed by atoms with E-state index in [2.05, 4.69) is 172 Å². The van der Waals surface area contributed by atoms with Crippen LogP contribution in [0.25, 0.3) is 76.8 Å². The number of fused-ring (bicyclic) bond motifs is 6. The van der Waals surface area contributed by atoms with Crippen LogP contribution < -0.4 is 0 Å². The number of rotatable bonds is 3. The lowest BCUT2D eigenvalue weighted by Gasteiger charge is -2.23. The van der Waals surface area contributed by atoms with Gasteiger partial charge < -0.3 is 0 Å². The van der Waals surface area contributed by atoms with Gasteiger partial charge in [-0.2, -0.15) is 0 Å². The van der Waals surface area contributed by atoms with Gasteiger partial charge in [0, 0.05) is 5.41 Å². The quantitative estimate of drug-likeness (QED) is 0.181. The van der Waals surface area contributed by atoms with Crippen LogP contribution in [0, 0.1) is 6.92 Å². The zero-order valence-corrected chi connectivity index (χ0v) is 26.4. The van der Waals surface area contributed by atoms with E-state index in [1.807, 2.05) is 0 Å². The van der Waals surface area contributed by atoms with Gasteiger partial charge in [0.25, 0.3) is 0 Å². The van der Waals surface area contributed by atoms with Crippen molar-refractivity contribution in [2.75, 3.05) is 0 Å². The van der Waals surface area contributed by atoms with E-state index in [4.69, 9.17) is 0 Å². The fourth-order valence-corrected chi connectivity index (χ4v) is 8.23. The van der Waals surface area contributed by atoms with E-state index in [1.54, 1.807) is 0 Å². The summed E-state index contributed by atoms with van der Waals surface area (Å²) in [5.41, 5.74) is 14.5. The van der Waals surface area contributed by atoms with Gasteiger partial charge >= 0.3 is 0 Å². The van der Waals surface area contributed by atoms with Crippen molar-refractivity contribution in [1.82, 2.24) is 0 Å². The van der Waals surface area contributed by atoms with Crippen LogP contribution in [0.15, 0.2) is 152 Å². The van der Waals surface area contributed by atoms with Gasteiger partial charge in [0.2, 0.25) is 0 Å². The molecular weight excluding hydrogens is 553 g/mol. The topological polar surface area (TPSA) is 0 Å². The Hall–Kier alpha value is -5.46. The summed E-state index contributed by atoms with van der Waals surface area (Å²) in [5.74, 6) is 0. The smallest absolute Gasteiger partial charge is 0.0159 e. The maximum absolute atomic E-state index is 2.41. The Labute approximate surface area is 270 Å². The molecular formula is C46H34. The van der Waals surface area contributed by atoms with Crippen molar-refractivity contribution in [3.8, 4) is 44.5 Å². The second kappa shape index (κ2) is 10.0. The molecule has 0 bridgehead atoms. The highest BCUT2D eigenvalue weighted by Crippen LogP contribution is 2.55. The molecule has 8 aromatic rings. The van der Waals surface area contributed by atoms with Crippen molar-refractivity contribution in [2.24, 2.45) is 0 Å². The summed E-state index contributed by atoms with van der Waals surface area (Å²) in [6, 6.07) is 56.4. The van der Waals surface area contributed by atoms with Gasteiger partial charge in [-0.1, -0.05) is 171 Å². The van der Waals surface area contributed by atoms with Crippen LogP contribution in [0.5, 0.6) is 0 Å². The third kappa shape index (κ3) is 3.80. The number of benzene rings is 8. The van der Waals surface area contributed by atoms with Gasteiger partial charge in [-0.3, -0.25) is 0 Å². The molecule has 0 spiro atoms. The van der Waals surface area contributed by atoms with Gasteiger partial charge in [0.15, 0.2) is 0 Å². The molecule has 0 aromatic heterocycles. The molecule has 0 unspecified atom stereocenters. The minimum atomic E-state index is -0.0548. The van der Waals surface area contributed by atoms with Crippen molar-refractivity contribution in [3.05, 3.63) is 168 Å². The predicted octanol–water partition coefficient (Wildman–Crippen LogP) is 12.8. The fourth-order valence-electron chi connectivity index (χ4n) is 8.23. The zero-order valence-electron chi connectivity index (χ0n) is 26.4. The van der Waals surface area contributed by atoms with Gasteiger partial charge in [-0.25, -0.2) is 0 Å². The van der Waals surface area contributed by atoms with E-state index in [0.717, 1.165) is 0 Å². The standard InChI is InChI=1S/C46H34/c1-29-26-27-37-40(28-29)44(39-23-13-25-42-45(39)38-21-10-11-24-41(38)46(42,2)3)36-20-9-8-19-35(36)43(37)34-18-7-6-17-33(34)32-22-12-15-30-14-4-5-16-31(30)32/h4-28H,1-3H3. The first-order chi connectivity index (χ1) is 22.5. The molecule has 8 aromatic carbocycles. The van der Waals surface area contributed by atoms with Crippen LogP contribution in [0.2, 0.25) is 0 Å². The Morgan fingerprint density at radius 2 is 0.870 bits per heavy atom. The van der Waals surface area contributed by atoms with Gasteiger partial charge in [-0.05, 0) is 94.9 Å². The monoisotopic (exact) mass is 586 g/mol. The lowest BCUT2D eigenvalue weighted by atomic mass is 9.80. The fraction of sp³-hybridized carbons (Fsp3) is 0.0870. The minimum absolute atomic E-state index is 0.0548. The highest BCUT2D eigenvalue weighted by Gasteiger charge is 2.37. The minimum Gasteiger partial charge on any atom is -0.0619 e. The number of hydrogen-bond acceptors (Lipinski definition) is 0. The molecule has 1 aliphatic carbocycles. The van der Waals surface area contributed by atoms with E-state index in [9.17, 15) is 0 Å². The van der Waals surface area contributed by atoms with E-state index in [-0.39, 0.29) is 5.41 Å². The summed E-state index contributed by atoms with van der Waals surface area (Å²) >= 11 is 0. The Morgan fingerprint density at radius 3 is 1.67 bits per heavy atom. The van der Waals surface area contributed by atoms with Crippen LogP contribution in [-0.2, 0) is 5.41 Å². The van der Waals surface area contributed by atoms with E-state index in [1.165, 1.54) is 93.5 Å². The van der Waals surface area contributed by atoms with Crippen molar-refractivity contribution >= 4 is 32.3 Å². The third-order valence-electron chi connectivity index (χ3n) is 10.3. The average molecular weight is 587 g/mol. The molecule has 218 valence electrons. The van der Waals surface area contributed by atoms with Crippen LogP contribution in [0.3, 0.4) is 0 Å². The maximum Gasteiger partial charge on any atom is 0.0159 e. The summed E-state index contributed by atoms with van der Waals surface area (Å²) in [4.78, 5) is 0. The second-order valence-corrected chi connectivity index (χ2v) is 13.3. The third-order valence-corrected chi connectivity index (χ3v) is 10.3. The molecule has 0 N–H and O–H groups in total. The summed E-state index contributed by atoms with van der Waals surface area (Å²) in [5, 5.41) is 7.70. The van der Waals surface area contributed by atoms with E-state index >= 15 is 0 Å². The summed E-state index contributed by atoms with van der Waals surface area (Å²) in [6.45, 7) is 6.96. The highest BCUT2D eigenvalue weighted by atomic mass is 14.4. The van der Waals surface area contributed by atoms with Crippen LogP contribution >= 0.6 is 0 Å². The first-order valence-electron chi connectivity index (χ1n) is 16.3. The van der Waals surface area contributed by atoms with Crippen LogP contribution in [0.4, 0.5) is 0 Å². The molecule has 0 heteroatoms. The molecule has 9 rings (SSSR count). The van der Waals surface area contributed by atoms with Gasteiger partial charge in [0.1, 0.15) is 0 Å².